The summed E-state index contributed by atoms with van der Waals surface area (Å²) in [6.07, 6.45) is 0. The van der Waals surface area contributed by atoms with Crippen LogP contribution in [0.4, 0.5) is 23.1 Å². The number of carbonyl (C=O) groups excluding carboxylic acids is 3. The van der Waals surface area contributed by atoms with Gasteiger partial charge in [-0.05, 0) is 50.2 Å². The number of aryl methyl sites for hydroxylation is 1. The average molecular weight is 444 g/mol. The normalized spacial score (nSPS) is 13.5. The van der Waals surface area contributed by atoms with Crippen molar-refractivity contribution in [3.63, 3.8) is 0 Å². The van der Waals surface area contributed by atoms with Gasteiger partial charge in [0.25, 0.3) is 11.8 Å². The van der Waals surface area contributed by atoms with Gasteiger partial charge in [0.1, 0.15) is 11.9 Å². The first kappa shape index (κ1) is 21.9. The van der Waals surface area contributed by atoms with Gasteiger partial charge in [0.15, 0.2) is 0 Å². The summed E-state index contributed by atoms with van der Waals surface area (Å²) in [5.74, 6) is -0.130. The van der Waals surface area contributed by atoms with Crippen LogP contribution in [0, 0.1) is 6.92 Å². The molecule has 1 aliphatic rings. The maximum absolute atomic E-state index is 12.8. The summed E-state index contributed by atoms with van der Waals surface area (Å²) in [6.45, 7) is 3.43. The Bertz CT molecular complexity index is 1200. The van der Waals surface area contributed by atoms with Gasteiger partial charge in [0, 0.05) is 37.2 Å². The van der Waals surface area contributed by atoms with Crippen LogP contribution < -0.4 is 15.5 Å². The van der Waals surface area contributed by atoms with E-state index in [1.54, 1.807) is 48.5 Å². The molecule has 3 aromatic rings. The van der Waals surface area contributed by atoms with Crippen LogP contribution in [-0.4, -0.2) is 52.7 Å². The summed E-state index contributed by atoms with van der Waals surface area (Å²) in [6, 6.07) is 14.5. The zero-order chi connectivity index (χ0) is 23.7. The number of amides is 3. The molecule has 0 saturated carbocycles. The van der Waals surface area contributed by atoms with E-state index in [1.165, 1.54) is 6.92 Å². The van der Waals surface area contributed by atoms with Crippen molar-refractivity contribution in [1.82, 2.24) is 14.9 Å². The number of benzene rings is 2. The highest BCUT2D eigenvalue weighted by Gasteiger charge is 2.40. The smallest absolute Gasteiger partial charge is 0.262 e. The number of hydrogen-bond donors (Lipinski definition) is 2. The minimum Gasteiger partial charge on any atom is -0.363 e. The summed E-state index contributed by atoms with van der Waals surface area (Å²) >= 11 is 0. The molecule has 2 N–H and O–H groups in total. The fourth-order valence-electron chi connectivity index (χ4n) is 3.53. The third kappa shape index (κ3) is 4.38. The van der Waals surface area contributed by atoms with Crippen molar-refractivity contribution in [2.45, 2.75) is 19.9 Å². The average Bonchev–Trinajstić information content (AvgIpc) is 3.04. The number of nitrogens with one attached hydrogen (secondary N) is 2. The van der Waals surface area contributed by atoms with E-state index in [4.69, 9.17) is 0 Å². The Morgan fingerprint density at radius 1 is 0.939 bits per heavy atom. The van der Waals surface area contributed by atoms with Crippen molar-refractivity contribution >= 4 is 40.9 Å². The van der Waals surface area contributed by atoms with Gasteiger partial charge in [-0.25, -0.2) is 4.98 Å². The van der Waals surface area contributed by atoms with Gasteiger partial charge in [-0.15, -0.1) is 0 Å². The second-order valence-electron chi connectivity index (χ2n) is 7.98. The molecule has 0 aliphatic carbocycles. The van der Waals surface area contributed by atoms with Gasteiger partial charge in [0.05, 0.1) is 11.1 Å². The van der Waals surface area contributed by atoms with Crippen LogP contribution in [0.1, 0.15) is 33.3 Å². The predicted octanol–water partition coefficient (Wildman–Crippen LogP) is 3.22. The van der Waals surface area contributed by atoms with E-state index in [0.717, 1.165) is 22.1 Å². The molecule has 1 aliphatic heterocycles. The molecule has 2 aromatic carbocycles. The molecule has 2 heterocycles. The number of nitrogens with zero attached hydrogens (tertiary/aromatic N) is 4. The molecule has 4 rings (SSSR count). The number of aromatic nitrogens is 2. The van der Waals surface area contributed by atoms with Crippen molar-refractivity contribution in [2.24, 2.45) is 0 Å². The lowest BCUT2D eigenvalue weighted by atomic mass is 10.1. The fourth-order valence-corrected chi connectivity index (χ4v) is 3.53. The molecule has 0 radical (unpaired) electrons. The lowest BCUT2D eigenvalue weighted by Gasteiger charge is -2.21. The number of anilines is 4. The molecule has 1 aromatic heterocycles. The summed E-state index contributed by atoms with van der Waals surface area (Å²) in [5.41, 5.74) is 2.74. The Morgan fingerprint density at radius 2 is 1.52 bits per heavy atom. The highest BCUT2D eigenvalue weighted by Crippen LogP contribution is 2.25. The Kier molecular flexibility index (Phi) is 5.78. The van der Waals surface area contributed by atoms with Crippen LogP contribution in [0.3, 0.4) is 0 Å². The zero-order valence-corrected chi connectivity index (χ0v) is 18.8. The number of imide groups is 1. The Hall–Kier alpha value is -4.27. The molecular formula is C24H24N6O3. The van der Waals surface area contributed by atoms with E-state index < -0.39 is 23.8 Å². The molecule has 9 heteroatoms. The van der Waals surface area contributed by atoms with Gasteiger partial charge in [-0.3, -0.25) is 19.3 Å². The van der Waals surface area contributed by atoms with Gasteiger partial charge in [0.2, 0.25) is 11.9 Å². The molecule has 3 amide bonds. The Labute approximate surface area is 191 Å². The van der Waals surface area contributed by atoms with E-state index in [0.29, 0.717) is 22.8 Å². The molecule has 168 valence electrons. The van der Waals surface area contributed by atoms with E-state index in [9.17, 15) is 14.4 Å². The Balaban J connectivity index is 1.43. The van der Waals surface area contributed by atoms with Crippen LogP contribution in [0.15, 0.2) is 54.6 Å². The van der Waals surface area contributed by atoms with E-state index >= 15 is 0 Å². The number of hydrogen-bond acceptors (Lipinski definition) is 7. The lowest BCUT2D eigenvalue weighted by molar-refractivity contribution is -0.119. The van der Waals surface area contributed by atoms with Crippen molar-refractivity contribution < 1.29 is 14.4 Å². The largest absolute Gasteiger partial charge is 0.363 e. The first-order chi connectivity index (χ1) is 15.7. The van der Waals surface area contributed by atoms with E-state index in [1.807, 2.05) is 32.0 Å². The summed E-state index contributed by atoms with van der Waals surface area (Å²) in [7, 11) is 3.82. The molecule has 1 atom stereocenters. The molecule has 9 nitrogen and oxygen atoms in total. The first-order valence-electron chi connectivity index (χ1n) is 10.4. The molecular weight excluding hydrogens is 420 g/mol. The van der Waals surface area contributed by atoms with E-state index in [2.05, 4.69) is 20.6 Å². The summed E-state index contributed by atoms with van der Waals surface area (Å²) in [4.78, 5) is 49.7. The molecule has 0 fully saturated rings. The molecule has 0 unspecified atom stereocenters. The van der Waals surface area contributed by atoms with Gasteiger partial charge >= 0.3 is 0 Å². The number of fused-ring (bicyclic) bond motifs is 1. The lowest BCUT2D eigenvalue weighted by Crippen LogP contribution is -2.45. The monoisotopic (exact) mass is 444 g/mol. The number of rotatable bonds is 6. The highest BCUT2D eigenvalue weighted by molar-refractivity contribution is 6.23. The van der Waals surface area contributed by atoms with Gasteiger partial charge in [-0.2, -0.15) is 4.98 Å². The van der Waals surface area contributed by atoms with Gasteiger partial charge in [-0.1, -0.05) is 12.1 Å². The van der Waals surface area contributed by atoms with Crippen LogP contribution in [0.25, 0.3) is 0 Å². The minimum absolute atomic E-state index is 0.313. The van der Waals surface area contributed by atoms with Gasteiger partial charge < -0.3 is 15.5 Å². The number of carbonyl (C=O) groups is 3. The fraction of sp³-hybridized carbons (Fsp3) is 0.208. The molecule has 0 bridgehead atoms. The second kappa shape index (κ2) is 8.70. The summed E-state index contributed by atoms with van der Waals surface area (Å²) < 4.78 is 0. The van der Waals surface area contributed by atoms with Crippen LogP contribution >= 0.6 is 0 Å². The maximum atomic E-state index is 12.8. The molecule has 0 saturated heterocycles. The van der Waals surface area contributed by atoms with Crippen molar-refractivity contribution in [2.75, 3.05) is 29.6 Å². The minimum atomic E-state index is -0.958. The third-order valence-electron chi connectivity index (χ3n) is 5.30. The van der Waals surface area contributed by atoms with Crippen molar-refractivity contribution in [3.8, 4) is 0 Å². The highest BCUT2D eigenvalue weighted by atomic mass is 16.2. The van der Waals surface area contributed by atoms with Crippen LogP contribution in [-0.2, 0) is 4.79 Å². The first-order valence-corrected chi connectivity index (χ1v) is 10.4. The topological polar surface area (TPSA) is 108 Å². The zero-order valence-electron chi connectivity index (χ0n) is 18.8. The van der Waals surface area contributed by atoms with Crippen LogP contribution in [0.5, 0.6) is 0 Å². The van der Waals surface area contributed by atoms with Crippen molar-refractivity contribution in [3.05, 3.63) is 71.4 Å². The predicted molar refractivity (Wildman–Crippen MR) is 126 cm³/mol. The van der Waals surface area contributed by atoms with Crippen molar-refractivity contribution in [1.29, 1.82) is 0 Å². The quantitative estimate of drug-likeness (QED) is 0.562. The third-order valence-corrected chi connectivity index (χ3v) is 5.30. The van der Waals surface area contributed by atoms with Crippen LogP contribution in [0.2, 0.25) is 0 Å². The molecule has 33 heavy (non-hydrogen) atoms. The SMILES string of the molecule is Cc1cc(N(C)C)nc(Nc2ccc(NC(=O)[C@H](C)N3C(=O)c4ccccc4C3=O)cc2)n1. The maximum Gasteiger partial charge on any atom is 0.262 e. The van der Waals surface area contributed by atoms with E-state index in [-0.39, 0.29) is 0 Å². The summed E-state index contributed by atoms with van der Waals surface area (Å²) in [5, 5.41) is 5.91. The standard InChI is InChI=1S/C24H24N6O3/c1-14-13-20(29(3)4)28-24(25-14)27-17-11-9-16(10-12-17)26-21(31)15(2)30-22(32)18-7-5-6-8-19(18)23(30)33/h5-13,15H,1-4H3,(H,26,31)(H,25,27,28)/t15-/m0/s1. The molecule has 0 spiro atoms. The second-order valence-corrected chi connectivity index (χ2v) is 7.98. The Morgan fingerprint density at radius 3 is 2.09 bits per heavy atom.